The standard InChI is InChI=1S/C15H21I/c1-2-5-12-8-10-13(11-9-12)14-6-3-4-7-15(14)16/h3-4,6-7,12-13H,2,5,8-11H2,1H3/t12-,13-. The van der Waals surface area contributed by atoms with Gasteiger partial charge in [0.15, 0.2) is 0 Å². The predicted octanol–water partition coefficient (Wildman–Crippen LogP) is 5.37. The monoisotopic (exact) mass is 328 g/mol. The molecule has 0 aliphatic heterocycles. The highest BCUT2D eigenvalue weighted by molar-refractivity contribution is 14.1. The molecule has 1 aromatic carbocycles. The lowest BCUT2D eigenvalue weighted by atomic mass is 9.77. The fourth-order valence-corrected chi connectivity index (χ4v) is 3.80. The van der Waals surface area contributed by atoms with E-state index in [2.05, 4.69) is 53.8 Å². The molecule has 16 heavy (non-hydrogen) atoms. The van der Waals surface area contributed by atoms with Crippen LogP contribution in [0.15, 0.2) is 24.3 Å². The second-order valence-electron chi connectivity index (χ2n) is 5.03. The van der Waals surface area contributed by atoms with Gasteiger partial charge in [-0.05, 0) is 71.7 Å². The molecule has 0 unspecified atom stereocenters. The zero-order valence-electron chi connectivity index (χ0n) is 10.1. The summed E-state index contributed by atoms with van der Waals surface area (Å²) in [5.74, 6) is 1.85. The minimum absolute atomic E-state index is 0.834. The Morgan fingerprint density at radius 1 is 1.12 bits per heavy atom. The molecule has 0 atom stereocenters. The highest BCUT2D eigenvalue weighted by Crippen LogP contribution is 2.38. The maximum atomic E-state index is 2.48. The van der Waals surface area contributed by atoms with Gasteiger partial charge in [0.2, 0.25) is 0 Å². The lowest BCUT2D eigenvalue weighted by Crippen LogP contribution is -2.13. The van der Waals surface area contributed by atoms with Gasteiger partial charge >= 0.3 is 0 Å². The molecule has 0 radical (unpaired) electrons. The molecule has 1 heteroatoms. The van der Waals surface area contributed by atoms with Crippen LogP contribution in [0, 0.1) is 9.49 Å². The summed E-state index contributed by atoms with van der Waals surface area (Å²) in [5.41, 5.74) is 1.60. The summed E-state index contributed by atoms with van der Waals surface area (Å²) in [4.78, 5) is 0. The van der Waals surface area contributed by atoms with Gasteiger partial charge in [0.1, 0.15) is 0 Å². The summed E-state index contributed by atoms with van der Waals surface area (Å²) in [7, 11) is 0. The molecule has 1 aliphatic rings. The summed E-state index contributed by atoms with van der Waals surface area (Å²) in [5, 5.41) is 0. The van der Waals surface area contributed by atoms with Gasteiger partial charge in [-0.1, -0.05) is 38.0 Å². The van der Waals surface area contributed by atoms with E-state index in [0.29, 0.717) is 0 Å². The number of rotatable bonds is 3. The van der Waals surface area contributed by atoms with Crippen molar-refractivity contribution in [1.29, 1.82) is 0 Å². The smallest absolute Gasteiger partial charge is 0.0165 e. The molecule has 2 rings (SSSR count). The first-order valence-electron chi connectivity index (χ1n) is 6.55. The molecule has 88 valence electrons. The molecule has 0 bridgehead atoms. The van der Waals surface area contributed by atoms with Crippen LogP contribution >= 0.6 is 22.6 Å². The van der Waals surface area contributed by atoms with Crippen molar-refractivity contribution in [3.05, 3.63) is 33.4 Å². The molecule has 0 heterocycles. The van der Waals surface area contributed by atoms with Gasteiger partial charge in [-0.15, -0.1) is 0 Å². The average Bonchev–Trinajstić information content (AvgIpc) is 2.31. The Balaban J connectivity index is 1.96. The van der Waals surface area contributed by atoms with E-state index < -0.39 is 0 Å². The Bertz CT molecular complexity index is 324. The normalized spacial score (nSPS) is 25.6. The van der Waals surface area contributed by atoms with Crippen molar-refractivity contribution in [2.24, 2.45) is 5.92 Å². The van der Waals surface area contributed by atoms with Gasteiger partial charge in [0.05, 0.1) is 0 Å². The zero-order chi connectivity index (χ0) is 11.4. The van der Waals surface area contributed by atoms with Gasteiger partial charge < -0.3 is 0 Å². The fraction of sp³-hybridized carbons (Fsp3) is 0.600. The molecule has 0 saturated heterocycles. The second kappa shape index (κ2) is 6.04. The third-order valence-corrected chi connectivity index (χ3v) is 4.87. The first-order valence-corrected chi connectivity index (χ1v) is 7.63. The van der Waals surface area contributed by atoms with Crippen molar-refractivity contribution in [3.63, 3.8) is 0 Å². The minimum Gasteiger partial charge on any atom is -0.0654 e. The maximum absolute atomic E-state index is 2.48. The summed E-state index contributed by atoms with van der Waals surface area (Å²) in [6.07, 6.45) is 8.51. The van der Waals surface area contributed by atoms with E-state index >= 15 is 0 Å². The van der Waals surface area contributed by atoms with Crippen molar-refractivity contribution in [1.82, 2.24) is 0 Å². The van der Waals surface area contributed by atoms with E-state index in [1.54, 1.807) is 5.56 Å². The van der Waals surface area contributed by atoms with Crippen LogP contribution < -0.4 is 0 Å². The molecular formula is C15H21I. The maximum Gasteiger partial charge on any atom is 0.0165 e. The average molecular weight is 328 g/mol. The van der Waals surface area contributed by atoms with Crippen molar-refractivity contribution < 1.29 is 0 Å². The molecule has 0 aromatic heterocycles. The van der Waals surface area contributed by atoms with E-state index in [1.165, 1.54) is 42.1 Å². The van der Waals surface area contributed by atoms with Crippen LogP contribution in [-0.2, 0) is 0 Å². The first kappa shape index (κ1) is 12.4. The van der Waals surface area contributed by atoms with E-state index in [-0.39, 0.29) is 0 Å². The molecule has 1 aliphatic carbocycles. The fourth-order valence-electron chi connectivity index (χ4n) is 2.98. The first-order chi connectivity index (χ1) is 7.81. The van der Waals surface area contributed by atoms with Crippen molar-refractivity contribution in [2.45, 2.75) is 51.4 Å². The molecular weight excluding hydrogens is 307 g/mol. The van der Waals surface area contributed by atoms with Crippen LogP contribution in [0.1, 0.15) is 56.9 Å². The van der Waals surface area contributed by atoms with Crippen molar-refractivity contribution >= 4 is 22.6 Å². The molecule has 0 amide bonds. The lowest BCUT2D eigenvalue weighted by Gasteiger charge is -2.29. The van der Waals surface area contributed by atoms with Gasteiger partial charge in [-0.3, -0.25) is 0 Å². The van der Waals surface area contributed by atoms with Crippen molar-refractivity contribution in [3.8, 4) is 0 Å². The van der Waals surface area contributed by atoms with Crippen LogP contribution in [0.2, 0.25) is 0 Å². The summed E-state index contributed by atoms with van der Waals surface area (Å²) in [6.45, 7) is 2.31. The largest absolute Gasteiger partial charge is 0.0654 e. The Morgan fingerprint density at radius 2 is 1.81 bits per heavy atom. The van der Waals surface area contributed by atoms with Gasteiger partial charge in [0, 0.05) is 3.57 Å². The zero-order valence-corrected chi connectivity index (χ0v) is 12.2. The molecule has 1 aromatic rings. The van der Waals surface area contributed by atoms with Crippen LogP contribution in [0.3, 0.4) is 0 Å². The third-order valence-electron chi connectivity index (χ3n) is 3.89. The topological polar surface area (TPSA) is 0 Å². The Labute approximate surface area is 113 Å². The SMILES string of the molecule is CCC[C@H]1CC[C@H](c2ccccc2I)CC1. The summed E-state index contributed by atoms with van der Waals surface area (Å²) in [6, 6.07) is 8.91. The lowest BCUT2D eigenvalue weighted by molar-refractivity contribution is 0.308. The molecule has 0 nitrogen and oxygen atoms in total. The van der Waals surface area contributed by atoms with E-state index in [0.717, 1.165) is 11.8 Å². The molecule has 1 fully saturated rings. The Kier molecular flexibility index (Phi) is 4.68. The van der Waals surface area contributed by atoms with Crippen molar-refractivity contribution in [2.75, 3.05) is 0 Å². The quantitative estimate of drug-likeness (QED) is 0.655. The van der Waals surface area contributed by atoms with Crippen LogP contribution in [0.25, 0.3) is 0 Å². The Morgan fingerprint density at radius 3 is 2.44 bits per heavy atom. The van der Waals surface area contributed by atoms with Crippen LogP contribution in [0.5, 0.6) is 0 Å². The third kappa shape index (κ3) is 2.99. The van der Waals surface area contributed by atoms with E-state index in [1.807, 2.05) is 0 Å². The molecule has 0 N–H and O–H groups in total. The highest BCUT2D eigenvalue weighted by atomic mass is 127. The minimum atomic E-state index is 0.834. The highest BCUT2D eigenvalue weighted by Gasteiger charge is 2.22. The second-order valence-corrected chi connectivity index (χ2v) is 6.19. The number of hydrogen-bond acceptors (Lipinski definition) is 0. The number of hydrogen-bond donors (Lipinski definition) is 0. The van der Waals surface area contributed by atoms with E-state index in [9.17, 15) is 0 Å². The van der Waals surface area contributed by atoms with Crippen LogP contribution in [0.4, 0.5) is 0 Å². The molecule has 0 spiro atoms. The van der Waals surface area contributed by atoms with Gasteiger partial charge in [0.25, 0.3) is 0 Å². The number of benzene rings is 1. The van der Waals surface area contributed by atoms with Crippen LogP contribution in [-0.4, -0.2) is 0 Å². The van der Waals surface area contributed by atoms with Gasteiger partial charge in [-0.2, -0.15) is 0 Å². The predicted molar refractivity (Wildman–Crippen MR) is 78.8 cm³/mol. The summed E-state index contributed by atoms with van der Waals surface area (Å²) < 4.78 is 1.46. The van der Waals surface area contributed by atoms with E-state index in [4.69, 9.17) is 0 Å². The Hall–Kier alpha value is -0.0500. The summed E-state index contributed by atoms with van der Waals surface area (Å²) >= 11 is 2.48. The number of halogens is 1. The van der Waals surface area contributed by atoms with Gasteiger partial charge in [-0.25, -0.2) is 0 Å². The molecule has 1 saturated carbocycles.